The first-order valence-electron chi connectivity index (χ1n) is 7.41. The molecule has 0 bridgehead atoms. The van der Waals surface area contributed by atoms with Gasteiger partial charge in [0.2, 0.25) is 0 Å². The Hall–Kier alpha value is 0.440. The summed E-state index contributed by atoms with van der Waals surface area (Å²) < 4.78 is 9.31. The maximum Gasteiger partial charge on any atom is 1.00 e. The second kappa shape index (κ2) is 20.7. The minimum atomic E-state index is -0.426. The summed E-state index contributed by atoms with van der Waals surface area (Å²) >= 11 is 4.24. The topological polar surface area (TPSA) is 98.7 Å². The molecule has 28 heavy (non-hydrogen) atoms. The van der Waals surface area contributed by atoms with Gasteiger partial charge in [0, 0.05) is 37.2 Å². The third kappa shape index (κ3) is 14.4. The molecule has 0 unspecified atom stereocenters. The van der Waals surface area contributed by atoms with Crippen LogP contribution in [0.15, 0.2) is 48.5 Å². The number of methoxy groups -OCH3 is 1. The fourth-order valence-electron chi connectivity index (χ4n) is 1.58. The molecule has 6 nitrogen and oxygen atoms in total. The average molecular weight is 630 g/mol. The quantitative estimate of drug-likeness (QED) is 0.214. The molecule has 0 amide bonds. The molecule has 0 saturated carbocycles. The van der Waals surface area contributed by atoms with Crippen LogP contribution in [0.2, 0.25) is 0 Å². The van der Waals surface area contributed by atoms with Gasteiger partial charge >= 0.3 is 71.1 Å². The van der Waals surface area contributed by atoms with Crippen LogP contribution in [0.1, 0.15) is 34.1 Å². The van der Waals surface area contributed by atoms with Crippen molar-refractivity contribution < 1.29 is 88.4 Å². The first-order chi connectivity index (χ1) is 12.5. The van der Waals surface area contributed by atoms with Gasteiger partial charge < -0.3 is 19.7 Å². The van der Waals surface area contributed by atoms with Gasteiger partial charge in [0.25, 0.3) is 0 Å². The van der Waals surface area contributed by atoms with E-state index in [1.165, 1.54) is 55.6 Å². The van der Waals surface area contributed by atoms with Crippen LogP contribution in [-0.2, 0) is 9.47 Å². The third-order valence-corrected chi connectivity index (χ3v) is 2.80. The molecular weight excluding hydrogens is 612 g/mol. The molecule has 10 heteroatoms. The second-order valence-corrected chi connectivity index (χ2v) is 4.68. The zero-order chi connectivity index (χ0) is 19.9. The van der Waals surface area contributed by atoms with Crippen LogP contribution in [0.3, 0.4) is 0 Å². The van der Waals surface area contributed by atoms with E-state index in [0.29, 0.717) is 17.7 Å². The Morgan fingerprint density at radius 3 is 1.50 bits per heavy atom. The van der Waals surface area contributed by atoms with E-state index in [0.717, 1.165) is 6.42 Å². The SMILES string of the molecule is CCCOC(=O)c1ccc([O-])cc1.COC(=O)c1ccc([O-])cc1.II.[Na+].[Na+]. The standard InChI is InChI=1S/C10H12O3.C8H8O3.I2.2Na/c1-2-7-13-10(12)8-3-5-9(11)6-4-8;1-11-8(10)6-2-4-7(9)5-3-6;1-2;;/h3-6,11H,2,7H2,1H3;2-5,9H,1H3;;;/q;;;2*+1/p-2. The molecule has 142 valence electrons. The molecule has 0 aromatic heterocycles. The number of hydrogen-bond acceptors (Lipinski definition) is 6. The molecule has 0 radical (unpaired) electrons. The molecule has 0 atom stereocenters. The van der Waals surface area contributed by atoms with Crippen LogP contribution in [0.25, 0.3) is 0 Å². The predicted molar refractivity (Wildman–Crippen MR) is 112 cm³/mol. The number of hydrogen-bond donors (Lipinski definition) is 0. The molecule has 0 heterocycles. The predicted octanol–water partition coefficient (Wildman–Crippen LogP) is -2.35. The Kier molecular flexibility index (Phi) is 24.5. The fraction of sp³-hybridized carbons (Fsp3) is 0.222. The Labute approximate surface area is 232 Å². The van der Waals surface area contributed by atoms with Crippen LogP contribution in [0.4, 0.5) is 0 Å². The monoisotopic (exact) mass is 630 g/mol. The minimum Gasteiger partial charge on any atom is -0.872 e. The summed E-state index contributed by atoms with van der Waals surface area (Å²) in [6, 6.07) is 11.2. The normalized spacial score (nSPS) is 8.29. The van der Waals surface area contributed by atoms with Crippen molar-refractivity contribution in [2.24, 2.45) is 0 Å². The number of carbonyl (C=O) groups excluding carboxylic acids is 2. The number of ether oxygens (including phenoxy) is 2. The molecule has 0 aliphatic heterocycles. The molecule has 0 saturated heterocycles. The van der Waals surface area contributed by atoms with Gasteiger partial charge in [0.15, 0.2) is 0 Å². The van der Waals surface area contributed by atoms with Gasteiger partial charge in [-0.05, 0) is 30.7 Å². The van der Waals surface area contributed by atoms with Crippen LogP contribution in [-0.4, -0.2) is 25.7 Å². The van der Waals surface area contributed by atoms with E-state index < -0.39 is 5.97 Å². The summed E-state index contributed by atoms with van der Waals surface area (Å²) in [6.45, 7) is 2.34. The van der Waals surface area contributed by atoms with Crippen LogP contribution in [0.5, 0.6) is 11.5 Å². The number of benzene rings is 2. The molecule has 0 spiro atoms. The van der Waals surface area contributed by atoms with Crippen LogP contribution < -0.4 is 69.3 Å². The minimum absolute atomic E-state index is 0. The third-order valence-electron chi connectivity index (χ3n) is 2.80. The van der Waals surface area contributed by atoms with E-state index >= 15 is 0 Å². The molecule has 0 aliphatic carbocycles. The average Bonchev–Trinajstić information content (AvgIpc) is 2.68. The molecule has 0 N–H and O–H groups in total. The number of rotatable bonds is 4. The molecular formula is C18H18I2Na2O6. The van der Waals surface area contributed by atoms with Gasteiger partial charge in [-0.3, -0.25) is 0 Å². The summed E-state index contributed by atoms with van der Waals surface area (Å²) in [7, 11) is 1.30. The van der Waals surface area contributed by atoms with Crippen LogP contribution in [0, 0.1) is 0 Å². The summed E-state index contributed by atoms with van der Waals surface area (Å²) in [5.41, 5.74) is 0.820. The van der Waals surface area contributed by atoms with Crippen molar-refractivity contribution in [2.45, 2.75) is 13.3 Å². The Morgan fingerprint density at radius 1 is 0.821 bits per heavy atom. The molecule has 2 aromatic rings. The van der Waals surface area contributed by atoms with Gasteiger partial charge in [0.05, 0.1) is 24.8 Å². The summed E-state index contributed by atoms with van der Waals surface area (Å²) in [6.07, 6.45) is 0.797. The van der Waals surface area contributed by atoms with E-state index in [4.69, 9.17) is 4.74 Å². The molecule has 0 aliphatic rings. The van der Waals surface area contributed by atoms with Crippen LogP contribution >= 0.6 is 37.2 Å². The van der Waals surface area contributed by atoms with Gasteiger partial charge in [-0.2, -0.15) is 0 Å². The number of halogens is 2. The summed E-state index contributed by atoms with van der Waals surface area (Å²) in [5, 5.41) is 21.3. The molecule has 2 aromatic carbocycles. The van der Waals surface area contributed by atoms with E-state index in [-0.39, 0.29) is 76.6 Å². The van der Waals surface area contributed by atoms with E-state index in [1.807, 2.05) is 6.92 Å². The van der Waals surface area contributed by atoms with Gasteiger partial charge in [-0.25, -0.2) is 9.59 Å². The fourth-order valence-corrected chi connectivity index (χ4v) is 1.58. The Balaban J connectivity index is -0.000000388. The van der Waals surface area contributed by atoms with Crippen molar-refractivity contribution in [3.8, 4) is 11.5 Å². The summed E-state index contributed by atoms with van der Waals surface area (Å²) in [5.74, 6) is -1.02. The largest absolute Gasteiger partial charge is 1.00 e. The van der Waals surface area contributed by atoms with Gasteiger partial charge in [0.1, 0.15) is 0 Å². The van der Waals surface area contributed by atoms with Crippen molar-refractivity contribution in [3.63, 3.8) is 0 Å². The Morgan fingerprint density at radius 2 is 1.18 bits per heavy atom. The first-order valence-corrected chi connectivity index (χ1v) is 13.7. The van der Waals surface area contributed by atoms with Gasteiger partial charge in [-0.1, -0.05) is 31.2 Å². The van der Waals surface area contributed by atoms with Crippen molar-refractivity contribution in [1.29, 1.82) is 0 Å². The van der Waals surface area contributed by atoms with E-state index in [1.54, 1.807) is 0 Å². The van der Waals surface area contributed by atoms with Crippen molar-refractivity contribution in [2.75, 3.05) is 13.7 Å². The van der Waals surface area contributed by atoms with Crippen molar-refractivity contribution in [3.05, 3.63) is 59.7 Å². The molecule has 2 rings (SSSR count). The molecule has 0 fully saturated rings. The Bertz CT molecular complexity index is 667. The smallest absolute Gasteiger partial charge is 0.872 e. The van der Waals surface area contributed by atoms with Crippen molar-refractivity contribution in [1.82, 2.24) is 0 Å². The zero-order valence-electron chi connectivity index (χ0n) is 16.2. The number of carbonyl (C=O) groups is 2. The maximum atomic E-state index is 11.2. The van der Waals surface area contributed by atoms with Gasteiger partial charge in [-0.15, -0.1) is 11.5 Å². The van der Waals surface area contributed by atoms with Crippen molar-refractivity contribution >= 4 is 49.2 Å². The van der Waals surface area contributed by atoms with E-state index in [9.17, 15) is 19.8 Å². The van der Waals surface area contributed by atoms with E-state index in [2.05, 4.69) is 42.0 Å². The zero-order valence-corrected chi connectivity index (χ0v) is 24.6. The number of esters is 2. The maximum absolute atomic E-state index is 11.2. The second-order valence-electron chi connectivity index (χ2n) is 4.68. The summed E-state index contributed by atoms with van der Waals surface area (Å²) in [4.78, 5) is 22.0. The first kappa shape index (κ1) is 33.1.